The van der Waals surface area contributed by atoms with E-state index in [1.165, 1.54) is 13.2 Å². The summed E-state index contributed by atoms with van der Waals surface area (Å²) in [6, 6.07) is 7.83. The second-order valence-corrected chi connectivity index (χ2v) is 5.65. The van der Waals surface area contributed by atoms with E-state index in [1.807, 2.05) is 31.2 Å². The summed E-state index contributed by atoms with van der Waals surface area (Å²) in [5.74, 6) is -0.192. The fraction of sp³-hybridized carbons (Fsp3) is 0.278. The van der Waals surface area contributed by atoms with E-state index in [1.54, 1.807) is 11.0 Å². The van der Waals surface area contributed by atoms with Gasteiger partial charge in [-0.05, 0) is 18.1 Å². The number of aromatic nitrogens is 2. The molecule has 6 heteroatoms. The van der Waals surface area contributed by atoms with Gasteiger partial charge in [-0.15, -0.1) is 6.58 Å². The number of H-pyrrole nitrogens is 1. The molecule has 0 radical (unpaired) electrons. The van der Waals surface area contributed by atoms with Gasteiger partial charge in [0, 0.05) is 31.9 Å². The lowest BCUT2D eigenvalue weighted by molar-refractivity contribution is -0.130. The van der Waals surface area contributed by atoms with Crippen LogP contribution in [0.5, 0.6) is 0 Å². The fourth-order valence-electron chi connectivity index (χ4n) is 2.42. The average molecular weight is 327 g/mol. The largest absolute Gasteiger partial charge is 0.334 e. The maximum atomic E-state index is 12.6. The number of nitrogens with one attached hydrogen (secondary N) is 1. The van der Waals surface area contributed by atoms with E-state index in [4.69, 9.17) is 0 Å². The first-order chi connectivity index (χ1) is 11.4. The molecule has 0 aliphatic heterocycles. The van der Waals surface area contributed by atoms with Gasteiger partial charge in [0.25, 0.3) is 5.56 Å². The van der Waals surface area contributed by atoms with Crippen molar-refractivity contribution in [1.29, 1.82) is 0 Å². The number of carbonyl (C=O) groups is 1. The number of hydrogen-bond acceptors (Lipinski definition) is 3. The molecular formula is C18H21N3O3. The molecule has 0 saturated carbocycles. The highest BCUT2D eigenvalue weighted by Crippen LogP contribution is 2.11. The van der Waals surface area contributed by atoms with Gasteiger partial charge >= 0.3 is 5.69 Å². The van der Waals surface area contributed by atoms with Crippen LogP contribution in [0.1, 0.15) is 16.7 Å². The number of aromatic amines is 1. The molecule has 0 unspecified atom stereocenters. The molecule has 0 saturated heterocycles. The number of amides is 1. The topological polar surface area (TPSA) is 75.2 Å². The standard InChI is InChI=1S/C18H21N3O3/c1-4-9-21(12-14-8-6-5-7-13(14)2)16(22)10-15-11-19-18(24)20(3)17(15)23/h4-8,11H,1,9-10,12H2,2-3H3,(H,19,24). The number of hydrogen-bond donors (Lipinski definition) is 1. The molecule has 0 atom stereocenters. The number of aryl methyl sites for hydroxylation is 1. The van der Waals surface area contributed by atoms with Gasteiger partial charge in [-0.2, -0.15) is 0 Å². The first-order valence-corrected chi connectivity index (χ1v) is 7.64. The predicted molar refractivity (Wildman–Crippen MR) is 92.8 cm³/mol. The van der Waals surface area contributed by atoms with E-state index in [-0.39, 0.29) is 17.9 Å². The van der Waals surface area contributed by atoms with Crippen molar-refractivity contribution in [2.45, 2.75) is 19.9 Å². The average Bonchev–Trinajstić information content (AvgIpc) is 2.56. The Morgan fingerprint density at radius 1 is 1.29 bits per heavy atom. The lowest BCUT2D eigenvalue weighted by atomic mass is 10.1. The molecule has 0 spiro atoms. The van der Waals surface area contributed by atoms with Crippen molar-refractivity contribution < 1.29 is 4.79 Å². The molecule has 0 aliphatic rings. The van der Waals surface area contributed by atoms with Crippen LogP contribution in [0.3, 0.4) is 0 Å². The summed E-state index contributed by atoms with van der Waals surface area (Å²) in [6.45, 7) is 6.51. The third kappa shape index (κ3) is 3.90. The van der Waals surface area contributed by atoms with Crippen molar-refractivity contribution in [3.05, 3.63) is 80.6 Å². The minimum atomic E-state index is -0.501. The summed E-state index contributed by atoms with van der Waals surface area (Å²) < 4.78 is 0.960. The summed E-state index contributed by atoms with van der Waals surface area (Å²) in [7, 11) is 1.38. The smallest absolute Gasteiger partial charge is 0.328 e. The zero-order valence-corrected chi connectivity index (χ0v) is 13.9. The Balaban J connectivity index is 2.22. The molecule has 1 aromatic heterocycles. The number of nitrogens with zero attached hydrogens (tertiary/aromatic N) is 2. The predicted octanol–water partition coefficient (Wildman–Crippen LogP) is 1.14. The van der Waals surface area contributed by atoms with Gasteiger partial charge in [0.15, 0.2) is 0 Å². The van der Waals surface area contributed by atoms with Crippen LogP contribution >= 0.6 is 0 Å². The van der Waals surface area contributed by atoms with E-state index < -0.39 is 11.2 Å². The van der Waals surface area contributed by atoms with Crippen molar-refractivity contribution in [3.8, 4) is 0 Å². The van der Waals surface area contributed by atoms with Gasteiger partial charge in [0.1, 0.15) is 0 Å². The minimum absolute atomic E-state index is 0.0663. The number of rotatable bonds is 6. The second-order valence-electron chi connectivity index (χ2n) is 5.65. The van der Waals surface area contributed by atoms with E-state index in [0.717, 1.165) is 15.7 Å². The van der Waals surface area contributed by atoms with Gasteiger partial charge < -0.3 is 9.88 Å². The minimum Gasteiger partial charge on any atom is -0.334 e. The molecule has 0 aliphatic carbocycles. The molecule has 0 bridgehead atoms. The maximum Gasteiger partial charge on any atom is 0.328 e. The van der Waals surface area contributed by atoms with Gasteiger partial charge in [-0.25, -0.2) is 4.79 Å². The van der Waals surface area contributed by atoms with Crippen LogP contribution in [0, 0.1) is 6.92 Å². The molecule has 1 amide bonds. The van der Waals surface area contributed by atoms with Crippen LogP contribution in [0.2, 0.25) is 0 Å². The molecule has 2 aromatic rings. The molecule has 6 nitrogen and oxygen atoms in total. The van der Waals surface area contributed by atoms with Crippen molar-refractivity contribution in [2.75, 3.05) is 6.54 Å². The summed E-state index contributed by atoms with van der Waals surface area (Å²) in [6.07, 6.45) is 2.90. The second kappa shape index (κ2) is 7.59. The van der Waals surface area contributed by atoms with Gasteiger partial charge in [0.05, 0.1) is 6.42 Å². The molecule has 126 valence electrons. The van der Waals surface area contributed by atoms with E-state index in [9.17, 15) is 14.4 Å². The Kier molecular flexibility index (Phi) is 5.52. The summed E-state index contributed by atoms with van der Waals surface area (Å²) in [5, 5.41) is 0. The Bertz CT molecular complexity index is 864. The molecule has 24 heavy (non-hydrogen) atoms. The summed E-state index contributed by atoms with van der Waals surface area (Å²) in [4.78, 5) is 40.2. The van der Waals surface area contributed by atoms with Crippen LogP contribution in [-0.2, 0) is 24.8 Å². The lowest BCUT2D eigenvalue weighted by Gasteiger charge is -2.22. The van der Waals surface area contributed by atoms with E-state index in [0.29, 0.717) is 13.1 Å². The number of carbonyl (C=O) groups excluding carboxylic acids is 1. The third-order valence-electron chi connectivity index (χ3n) is 3.92. The molecule has 2 rings (SSSR count). The highest BCUT2D eigenvalue weighted by atomic mass is 16.2. The van der Waals surface area contributed by atoms with Crippen molar-refractivity contribution in [1.82, 2.24) is 14.5 Å². The Hall–Kier alpha value is -2.89. The SMILES string of the molecule is C=CCN(Cc1ccccc1C)C(=O)Cc1c[nH]c(=O)n(C)c1=O. The van der Waals surface area contributed by atoms with Crippen LogP contribution in [0.4, 0.5) is 0 Å². The zero-order chi connectivity index (χ0) is 17.7. The van der Waals surface area contributed by atoms with E-state index >= 15 is 0 Å². The zero-order valence-electron chi connectivity index (χ0n) is 13.9. The normalized spacial score (nSPS) is 10.4. The molecule has 0 fully saturated rings. The maximum absolute atomic E-state index is 12.6. The van der Waals surface area contributed by atoms with Gasteiger partial charge in [-0.3, -0.25) is 14.2 Å². The Morgan fingerprint density at radius 3 is 2.67 bits per heavy atom. The quantitative estimate of drug-likeness (QED) is 0.809. The lowest BCUT2D eigenvalue weighted by Crippen LogP contribution is -2.38. The summed E-state index contributed by atoms with van der Waals surface area (Å²) >= 11 is 0. The number of benzene rings is 1. The van der Waals surface area contributed by atoms with Crippen molar-refractivity contribution in [2.24, 2.45) is 7.05 Å². The Morgan fingerprint density at radius 2 is 2.00 bits per heavy atom. The summed E-state index contributed by atoms with van der Waals surface area (Å²) in [5.41, 5.74) is 1.45. The first-order valence-electron chi connectivity index (χ1n) is 7.64. The molecule has 1 N–H and O–H groups in total. The van der Waals surface area contributed by atoms with Crippen LogP contribution in [-0.4, -0.2) is 26.9 Å². The fourth-order valence-corrected chi connectivity index (χ4v) is 2.42. The first kappa shape index (κ1) is 17.5. The Labute approximate surface area is 140 Å². The van der Waals surface area contributed by atoms with Crippen LogP contribution in [0.25, 0.3) is 0 Å². The third-order valence-corrected chi connectivity index (χ3v) is 3.92. The highest BCUT2D eigenvalue weighted by Gasteiger charge is 2.16. The highest BCUT2D eigenvalue weighted by molar-refractivity contribution is 5.78. The van der Waals surface area contributed by atoms with E-state index in [2.05, 4.69) is 11.6 Å². The van der Waals surface area contributed by atoms with Crippen molar-refractivity contribution in [3.63, 3.8) is 0 Å². The van der Waals surface area contributed by atoms with Gasteiger partial charge in [-0.1, -0.05) is 30.3 Å². The van der Waals surface area contributed by atoms with Crippen LogP contribution in [0.15, 0.2) is 52.7 Å². The van der Waals surface area contributed by atoms with Crippen molar-refractivity contribution >= 4 is 5.91 Å². The molecule has 1 aromatic carbocycles. The van der Waals surface area contributed by atoms with Crippen LogP contribution < -0.4 is 11.2 Å². The molecular weight excluding hydrogens is 306 g/mol. The van der Waals surface area contributed by atoms with Gasteiger partial charge in [0.2, 0.25) is 5.91 Å². The monoisotopic (exact) mass is 327 g/mol. The molecule has 1 heterocycles.